The lowest BCUT2D eigenvalue weighted by Gasteiger charge is -2.17. The molecule has 3 nitrogen and oxygen atoms in total. The fraction of sp³-hybridized carbons (Fsp3) is 1.00. The number of hydrogen-bond acceptors (Lipinski definition) is 2. The third-order valence-electron chi connectivity index (χ3n) is 2.96. The van der Waals surface area contributed by atoms with Crippen molar-refractivity contribution in [2.24, 2.45) is 17.8 Å². The van der Waals surface area contributed by atoms with E-state index in [0.717, 1.165) is 0 Å². The first-order valence-electron chi connectivity index (χ1n) is 4.77. The molecule has 78 valence electrons. The Hall–Kier alpha value is -0.0900. The zero-order chi connectivity index (χ0) is 10.2. The van der Waals surface area contributed by atoms with Crippen LogP contribution in [0.1, 0.15) is 20.8 Å². The van der Waals surface area contributed by atoms with Gasteiger partial charge in [-0.1, -0.05) is 20.8 Å². The average molecular weight is 205 g/mol. The van der Waals surface area contributed by atoms with Crippen molar-refractivity contribution in [1.29, 1.82) is 0 Å². The lowest BCUT2D eigenvalue weighted by atomic mass is 9.88. The van der Waals surface area contributed by atoms with E-state index >= 15 is 0 Å². The van der Waals surface area contributed by atoms with Crippen LogP contribution in [0, 0.1) is 17.8 Å². The highest BCUT2D eigenvalue weighted by Gasteiger charge is 2.35. The van der Waals surface area contributed by atoms with E-state index in [0.29, 0.717) is 30.8 Å². The summed E-state index contributed by atoms with van der Waals surface area (Å²) in [5, 5.41) is 0. The molecule has 0 spiro atoms. The Morgan fingerprint density at radius 3 is 2.08 bits per heavy atom. The molecule has 1 rings (SSSR count). The first-order chi connectivity index (χ1) is 5.82. The van der Waals surface area contributed by atoms with Crippen molar-refractivity contribution in [1.82, 2.24) is 4.31 Å². The van der Waals surface area contributed by atoms with E-state index in [1.807, 2.05) is 0 Å². The van der Waals surface area contributed by atoms with Crippen molar-refractivity contribution in [3.63, 3.8) is 0 Å². The quantitative estimate of drug-likeness (QED) is 0.678. The molecule has 0 aromatic rings. The Bertz CT molecular complexity index is 271. The first kappa shape index (κ1) is 11.0. The maximum absolute atomic E-state index is 11.3. The molecule has 0 amide bonds. The molecule has 0 radical (unpaired) electrons. The molecule has 1 aliphatic rings. The molecule has 2 atom stereocenters. The van der Waals surface area contributed by atoms with Crippen LogP contribution in [0.2, 0.25) is 0 Å². The minimum atomic E-state index is -2.97. The van der Waals surface area contributed by atoms with Crippen molar-refractivity contribution in [3.05, 3.63) is 0 Å². The minimum Gasteiger partial charge on any atom is -0.213 e. The average Bonchev–Trinajstić information content (AvgIpc) is 2.29. The number of hydrogen-bond donors (Lipinski definition) is 0. The zero-order valence-electron chi connectivity index (χ0n) is 8.82. The van der Waals surface area contributed by atoms with Crippen molar-refractivity contribution >= 4 is 10.0 Å². The highest BCUT2D eigenvalue weighted by Crippen LogP contribution is 2.30. The van der Waals surface area contributed by atoms with Crippen molar-refractivity contribution in [2.45, 2.75) is 20.8 Å². The second-order valence-corrected chi connectivity index (χ2v) is 6.45. The van der Waals surface area contributed by atoms with Gasteiger partial charge in [0.15, 0.2) is 0 Å². The van der Waals surface area contributed by atoms with Crippen molar-refractivity contribution in [2.75, 3.05) is 19.3 Å². The molecule has 2 unspecified atom stereocenters. The van der Waals surface area contributed by atoms with E-state index in [-0.39, 0.29) is 0 Å². The summed E-state index contributed by atoms with van der Waals surface area (Å²) in [6.07, 6.45) is 1.29. The zero-order valence-corrected chi connectivity index (χ0v) is 9.63. The van der Waals surface area contributed by atoms with Gasteiger partial charge in [0.1, 0.15) is 0 Å². The van der Waals surface area contributed by atoms with Gasteiger partial charge in [-0.25, -0.2) is 12.7 Å². The molecule has 0 aromatic carbocycles. The highest BCUT2D eigenvalue weighted by molar-refractivity contribution is 7.88. The van der Waals surface area contributed by atoms with Gasteiger partial charge in [-0.3, -0.25) is 0 Å². The summed E-state index contributed by atoms with van der Waals surface area (Å²) in [4.78, 5) is 0. The van der Waals surface area contributed by atoms with Gasteiger partial charge in [-0.05, 0) is 17.8 Å². The Labute approximate surface area is 81.2 Å². The van der Waals surface area contributed by atoms with Crippen LogP contribution in [0.4, 0.5) is 0 Å². The fourth-order valence-corrected chi connectivity index (χ4v) is 3.03. The Kier molecular flexibility index (Phi) is 3.02. The van der Waals surface area contributed by atoms with Crippen LogP contribution >= 0.6 is 0 Å². The number of nitrogens with zero attached hydrogens (tertiary/aromatic N) is 1. The molecule has 1 heterocycles. The van der Waals surface area contributed by atoms with Gasteiger partial charge in [0.2, 0.25) is 10.0 Å². The number of rotatable bonds is 2. The molecule has 0 aromatic heterocycles. The summed E-state index contributed by atoms with van der Waals surface area (Å²) >= 11 is 0. The summed E-state index contributed by atoms with van der Waals surface area (Å²) in [5.74, 6) is 1.59. The van der Waals surface area contributed by atoms with Gasteiger partial charge >= 0.3 is 0 Å². The smallest absolute Gasteiger partial charge is 0.211 e. The largest absolute Gasteiger partial charge is 0.213 e. The predicted octanol–water partition coefficient (Wildman–Crippen LogP) is 1.17. The summed E-state index contributed by atoms with van der Waals surface area (Å²) in [6, 6.07) is 0. The predicted molar refractivity (Wildman–Crippen MR) is 53.9 cm³/mol. The number of sulfonamides is 1. The van der Waals surface area contributed by atoms with Gasteiger partial charge in [0, 0.05) is 13.1 Å². The van der Waals surface area contributed by atoms with Gasteiger partial charge in [-0.15, -0.1) is 0 Å². The molecule has 0 saturated carbocycles. The highest BCUT2D eigenvalue weighted by atomic mass is 32.2. The maximum Gasteiger partial charge on any atom is 0.211 e. The van der Waals surface area contributed by atoms with E-state index < -0.39 is 10.0 Å². The SMILES string of the molecule is CC(C)C1CN(S(C)(=O)=O)CC1C. The second kappa shape index (κ2) is 3.58. The fourth-order valence-electron chi connectivity index (χ4n) is 2.08. The van der Waals surface area contributed by atoms with Gasteiger partial charge < -0.3 is 0 Å². The third kappa shape index (κ3) is 2.44. The first-order valence-corrected chi connectivity index (χ1v) is 6.62. The Morgan fingerprint density at radius 1 is 1.31 bits per heavy atom. The molecule has 13 heavy (non-hydrogen) atoms. The van der Waals surface area contributed by atoms with Crippen LogP contribution in [0.5, 0.6) is 0 Å². The maximum atomic E-state index is 11.3. The molecular formula is C9H19NO2S. The summed E-state index contributed by atoms with van der Waals surface area (Å²) < 4.78 is 24.1. The normalized spacial score (nSPS) is 31.5. The monoisotopic (exact) mass is 205 g/mol. The lowest BCUT2D eigenvalue weighted by molar-refractivity contribution is 0.335. The molecule has 1 aliphatic heterocycles. The van der Waals surface area contributed by atoms with Crippen LogP contribution < -0.4 is 0 Å². The van der Waals surface area contributed by atoms with Crippen LogP contribution in [0.3, 0.4) is 0 Å². The lowest BCUT2D eigenvalue weighted by Crippen LogP contribution is -2.28. The summed E-state index contributed by atoms with van der Waals surface area (Å²) in [6.45, 7) is 7.86. The molecule has 4 heteroatoms. The second-order valence-electron chi connectivity index (χ2n) is 4.47. The molecule has 0 N–H and O–H groups in total. The van der Waals surface area contributed by atoms with Crippen LogP contribution in [0.15, 0.2) is 0 Å². The van der Waals surface area contributed by atoms with Crippen molar-refractivity contribution < 1.29 is 8.42 Å². The molecular weight excluding hydrogens is 186 g/mol. The summed E-state index contributed by atoms with van der Waals surface area (Å²) in [7, 11) is -2.97. The summed E-state index contributed by atoms with van der Waals surface area (Å²) in [5.41, 5.74) is 0. The molecule has 1 saturated heterocycles. The van der Waals surface area contributed by atoms with Gasteiger partial charge in [0.05, 0.1) is 6.26 Å². The van der Waals surface area contributed by atoms with E-state index in [1.165, 1.54) is 6.26 Å². The van der Waals surface area contributed by atoms with E-state index in [4.69, 9.17) is 0 Å². The van der Waals surface area contributed by atoms with E-state index in [2.05, 4.69) is 20.8 Å². The topological polar surface area (TPSA) is 37.4 Å². The standard InChI is InChI=1S/C9H19NO2S/c1-7(2)9-6-10(5-8(9)3)13(4,11)12/h7-9H,5-6H2,1-4H3. The van der Waals surface area contributed by atoms with Crippen molar-refractivity contribution in [3.8, 4) is 0 Å². The third-order valence-corrected chi connectivity index (χ3v) is 4.20. The van der Waals surface area contributed by atoms with E-state index in [9.17, 15) is 8.42 Å². The molecule has 0 bridgehead atoms. The molecule has 0 aliphatic carbocycles. The molecule has 1 fully saturated rings. The Balaban J connectivity index is 2.71. The van der Waals surface area contributed by atoms with Gasteiger partial charge in [0.25, 0.3) is 0 Å². The van der Waals surface area contributed by atoms with Crippen LogP contribution in [0.25, 0.3) is 0 Å². The van der Waals surface area contributed by atoms with Gasteiger partial charge in [-0.2, -0.15) is 0 Å². The van der Waals surface area contributed by atoms with Crippen LogP contribution in [-0.4, -0.2) is 32.1 Å². The van der Waals surface area contributed by atoms with E-state index in [1.54, 1.807) is 4.31 Å². The Morgan fingerprint density at radius 2 is 1.85 bits per heavy atom. The minimum absolute atomic E-state index is 0.495. The van der Waals surface area contributed by atoms with Crippen LogP contribution in [-0.2, 0) is 10.0 Å².